The van der Waals surface area contributed by atoms with Crippen LogP contribution in [0.15, 0.2) is 0 Å². The zero-order valence-corrected chi connectivity index (χ0v) is 99.4. The van der Waals surface area contributed by atoms with Crippen LogP contribution in [0.1, 0.15) is 479 Å². The maximum atomic E-state index is 6.95. The van der Waals surface area contributed by atoms with Crippen molar-refractivity contribution in [3.05, 3.63) is 0 Å². The highest BCUT2D eigenvalue weighted by Gasteiger charge is 2.55. The van der Waals surface area contributed by atoms with Crippen molar-refractivity contribution in [2.24, 2.45) is 0 Å². The van der Waals surface area contributed by atoms with Crippen LogP contribution in [0.3, 0.4) is 0 Å². The first-order valence-electron chi connectivity index (χ1n) is 59.0. The molecule has 8 heterocycles. The molecule has 0 N–H and O–H groups in total. The molecule has 5 aliphatic heterocycles. The zero-order chi connectivity index (χ0) is 107. The summed E-state index contributed by atoms with van der Waals surface area (Å²) in [5.74, 6) is 12.3. The van der Waals surface area contributed by atoms with Gasteiger partial charge in [-0.1, -0.05) is 167 Å². The molecule has 0 aliphatic carbocycles. The lowest BCUT2D eigenvalue weighted by Gasteiger charge is -2.56. The van der Waals surface area contributed by atoms with Crippen molar-refractivity contribution in [2.45, 2.75) is 564 Å². The normalized spacial score (nSPS) is 19.7. The van der Waals surface area contributed by atoms with E-state index in [9.17, 15) is 0 Å². The third-order valence-corrected chi connectivity index (χ3v) is 30.9. The summed E-state index contributed by atoms with van der Waals surface area (Å²) in [5, 5.41) is 11.7. The van der Waals surface area contributed by atoms with Crippen LogP contribution in [0, 0.1) is 24.3 Å². The van der Waals surface area contributed by atoms with Crippen LogP contribution in [0.2, 0.25) is 0 Å². The van der Waals surface area contributed by atoms with E-state index in [-0.39, 0.29) is 85.6 Å². The number of unbranched alkanes of at least 4 members (excludes halogenated alkanes) is 14. The highest BCUT2D eigenvalue weighted by atomic mass is 16.7. The summed E-state index contributed by atoms with van der Waals surface area (Å²) in [5.41, 5.74) is -3.20. The molecule has 0 unspecified atom stereocenters. The van der Waals surface area contributed by atoms with Gasteiger partial charge in [0.2, 0.25) is 53.5 Å². The third-order valence-electron chi connectivity index (χ3n) is 30.9. The number of piperidine rings is 5. The van der Waals surface area contributed by atoms with Crippen molar-refractivity contribution in [1.29, 1.82) is 0 Å². The van der Waals surface area contributed by atoms with Crippen LogP contribution in [0.4, 0.5) is 53.5 Å². The summed E-state index contributed by atoms with van der Waals surface area (Å²) < 4.78 is 0. The summed E-state index contributed by atoms with van der Waals surface area (Å²) in [6.07, 6.45) is 43.8. The molecule has 3 aromatic heterocycles. The summed E-state index contributed by atoms with van der Waals surface area (Å²) in [4.78, 5) is 109. The Bertz CT molecular complexity index is 4150. The van der Waals surface area contributed by atoms with E-state index in [2.05, 4.69) is 311 Å². The molecule has 145 heavy (non-hydrogen) atoms. The van der Waals surface area contributed by atoms with E-state index in [0.29, 0.717) is 57.4 Å². The third kappa shape index (κ3) is 35.0. The first kappa shape index (κ1) is 124. The fourth-order valence-electron chi connectivity index (χ4n) is 25.1. The van der Waals surface area contributed by atoms with Gasteiger partial charge in [0.15, 0.2) is 0 Å². The molecule has 5 fully saturated rings. The molecule has 0 bridgehead atoms. The standard InChI is InChI=1S/C117H217N23O5/c1-35-49-66-127(67-50-36-2)99-118-100(128(68-51-37-3)69-52-38-4)121-103(120-99)132(95-86-110(19,20)137(142-80-45-11)111(21,22)87-95)75-62-58-60-64-77-134(97-90-114(27,28)139(144-82-47-13)115(29,30)91-97)106-124-105(131(74-57-43-9)94-84-108(15,16)136(141-79-44-10)109(17,18)85-94)125-107(126-106)135(98-92-116(31,32)140(145-83-48-14)117(33,34)93-98)78-65-61-59-63-76-133(96-88-112(23,24)138(143-81-46-12)113(25,26)89-96)104-122-101(129(70-53-39-5)71-54-40-6)119-102(123-104)130(72-55-41-7)73-56-42-8/h1,94-98H,36-48,50-65,67-93H2,2-34H3. The predicted octanol–water partition coefficient (Wildman–Crippen LogP) is 25.8. The van der Waals surface area contributed by atoms with E-state index in [4.69, 9.17) is 75.5 Å². The van der Waals surface area contributed by atoms with Crippen LogP contribution in [-0.4, -0.2) is 267 Å². The topological polar surface area (TPSA) is 208 Å². The molecule has 28 nitrogen and oxygen atoms in total. The zero-order valence-electron chi connectivity index (χ0n) is 99.4. The minimum Gasteiger partial charge on any atom is -0.341 e. The molecule has 0 amide bonds. The second kappa shape index (κ2) is 58.1. The Labute approximate surface area is 887 Å². The number of aromatic nitrogens is 9. The van der Waals surface area contributed by atoms with E-state index in [1.807, 2.05) is 4.90 Å². The Morgan fingerprint density at radius 2 is 0.386 bits per heavy atom. The fraction of sp³-hybridized carbons (Fsp3) is 0.889. The van der Waals surface area contributed by atoms with Gasteiger partial charge in [0.1, 0.15) is 0 Å². The molecule has 0 radical (unpaired) electrons. The fourth-order valence-corrected chi connectivity index (χ4v) is 25.1. The van der Waals surface area contributed by atoms with Gasteiger partial charge in [-0.05, 0) is 318 Å². The molecule has 0 spiro atoms. The molecule has 3 aromatic rings. The van der Waals surface area contributed by atoms with Crippen LogP contribution in [0.5, 0.6) is 0 Å². The second-order valence-corrected chi connectivity index (χ2v) is 49.9. The minimum absolute atomic E-state index is 0.0373. The van der Waals surface area contributed by atoms with Crippen molar-refractivity contribution in [3.63, 3.8) is 0 Å². The Balaban J connectivity index is 1.31. The highest BCUT2D eigenvalue weighted by Crippen LogP contribution is 2.49. The largest absolute Gasteiger partial charge is 0.341 e. The van der Waals surface area contributed by atoms with Crippen molar-refractivity contribution < 1.29 is 24.2 Å². The van der Waals surface area contributed by atoms with Gasteiger partial charge in [-0.15, -0.1) is 6.42 Å². The van der Waals surface area contributed by atoms with Crippen LogP contribution in [0.25, 0.3) is 0 Å². The highest BCUT2D eigenvalue weighted by molar-refractivity contribution is 5.53. The van der Waals surface area contributed by atoms with Crippen molar-refractivity contribution in [3.8, 4) is 24.3 Å². The van der Waals surface area contributed by atoms with Gasteiger partial charge in [-0.2, -0.15) is 70.2 Å². The molecule has 28 heteroatoms. The molecule has 0 aromatic carbocycles. The SMILES string of the molecule is C#CC#CN(CCCC)c1nc(N(CCCC)CCCC)nc(N(CCCCCCN(c2nc(N(CCCC)C3CC(C)(C)N(OCCC)C(C)(C)C3)nc(N(CCCCCCN(c3nc(N(CCCC)CCCC)nc(N(CCCC)CCCC)n3)C3CC(C)(C)N(OCCC)C(C)(C)C3)C3CC(C)(C)N(OCCC)C(C)(C)C3)n2)C2CC(C)(C)N(OCCC)C(C)(C)C2)C2CC(C)(C)N(OCCC)C(C)(C)C2)n1. The Morgan fingerprint density at radius 3 is 0.579 bits per heavy atom. The molecular formula is C117H217N23O5. The van der Waals surface area contributed by atoms with Crippen LogP contribution in [-0.2, 0) is 24.2 Å². The average Bonchev–Trinajstić information content (AvgIpc) is 0.753. The molecule has 0 atom stereocenters. The monoisotopic (exact) mass is 2020 g/mol. The molecule has 0 saturated carbocycles. The lowest BCUT2D eigenvalue weighted by Crippen LogP contribution is -2.65. The Hall–Kier alpha value is -6.05. The summed E-state index contributed by atoms with van der Waals surface area (Å²) in [7, 11) is 0. The number of nitrogens with zero attached hydrogens (tertiary/aromatic N) is 23. The minimum atomic E-state index is -0.354. The summed E-state index contributed by atoms with van der Waals surface area (Å²) in [6.45, 7) is 90.5. The number of hydroxylamine groups is 10. The summed E-state index contributed by atoms with van der Waals surface area (Å²) >= 11 is 0. The average molecular weight is 2030 g/mol. The molecular weight excluding hydrogens is 1810 g/mol. The first-order valence-corrected chi connectivity index (χ1v) is 59.0. The van der Waals surface area contributed by atoms with Crippen molar-refractivity contribution in [2.75, 3.05) is 156 Å². The smallest absolute Gasteiger partial charge is 0.243 e. The van der Waals surface area contributed by atoms with Gasteiger partial charge >= 0.3 is 0 Å². The first-order chi connectivity index (χ1) is 68.8. The number of hydrogen-bond donors (Lipinski definition) is 0. The van der Waals surface area contributed by atoms with Gasteiger partial charge in [0.05, 0.1) is 33.0 Å². The van der Waals surface area contributed by atoms with Crippen molar-refractivity contribution >= 4 is 53.5 Å². The lowest BCUT2D eigenvalue weighted by atomic mass is 9.78. The van der Waals surface area contributed by atoms with E-state index in [1.165, 1.54) is 0 Å². The predicted molar refractivity (Wildman–Crippen MR) is 609 cm³/mol. The lowest BCUT2D eigenvalue weighted by molar-refractivity contribution is -0.282. The maximum Gasteiger partial charge on any atom is 0.243 e. The van der Waals surface area contributed by atoms with Gasteiger partial charge < -0.3 is 39.2 Å². The van der Waals surface area contributed by atoms with Crippen molar-refractivity contribution in [1.82, 2.24) is 70.2 Å². The second-order valence-electron chi connectivity index (χ2n) is 49.9. The molecule has 5 saturated heterocycles. The van der Waals surface area contributed by atoms with Crippen LogP contribution >= 0.6 is 0 Å². The summed E-state index contributed by atoms with van der Waals surface area (Å²) in [6, 6.07) is 3.71. The molecule has 8 rings (SSSR count). The van der Waals surface area contributed by atoms with E-state index in [0.717, 1.165) is 358 Å². The Morgan fingerprint density at radius 1 is 0.221 bits per heavy atom. The van der Waals surface area contributed by atoms with Gasteiger partial charge in [0.25, 0.3) is 0 Å². The number of terminal acetylenes is 1. The maximum absolute atomic E-state index is 6.95. The van der Waals surface area contributed by atoms with E-state index in [1.54, 1.807) is 0 Å². The Kier molecular flexibility index (Phi) is 49.8. The van der Waals surface area contributed by atoms with E-state index < -0.39 is 0 Å². The molecule has 5 aliphatic rings. The number of rotatable bonds is 67. The van der Waals surface area contributed by atoms with Gasteiger partial charge in [-0.3, -0.25) is 29.1 Å². The molecule has 830 valence electrons. The van der Waals surface area contributed by atoms with Gasteiger partial charge in [-0.25, -0.2) is 0 Å². The van der Waals surface area contributed by atoms with E-state index >= 15 is 0 Å². The number of anilines is 9. The van der Waals surface area contributed by atoms with Crippen LogP contribution < -0.4 is 44.1 Å². The quantitative estimate of drug-likeness (QED) is 0.0292. The number of hydrogen-bond acceptors (Lipinski definition) is 28. The van der Waals surface area contributed by atoms with Gasteiger partial charge in [0, 0.05) is 176 Å².